The molecule has 0 aromatic heterocycles. The molecule has 1 saturated carbocycles. The van der Waals surface area contributed by atoms with Gasteiger partial charge in [-0.3, -0.25) is 24.5 Å². The highest BCUT2D eigenvalue weighted by Gasteiger charge is 2.44. The van der Waals surface area contributed by atoms with E-state index in [9.17, 15) is 24.5 Å². The third-order valence-corrected chi connectivity index (χ3v) is 4.99. The van der Waals surface area contributed by atoms with E-state index in [0.29, 0.717) is 5.56 Å². The fraction of sp³-hybridized carbons (Fsp3) is 0.526. The molecule has 0 amide bonds. The lowest BCUT2D eigenvalue weighted by atomic mass is 9.88. The molecule has 1 aromatic rings. The minimum atomic E-state index is -0.710. The number of carbonyl (C=O) groups is 3. The van der Waals surface area contributed by atoms with Crippen LogP contribution in [0.3, 0.4) is 0 Å². The van der Waals surface area contributed by atoms with Crippen LogP contribution in [0.25, 0.3) is 0 Å². The molecule has 26 heavy (non-hydrogen) atoms. The van der Waals surface area contributed by atoms with Gasteiger partial charge >= 0.3 is 5.97 Å². The predicted molar refractivity (Wildman–Crippen MR) is 93.5 cm³/mol. The molecule has 1 aromatic carbocycles. The van der Waals surface area contributed by atoms with Gasteiger partial charge in [-0.1, -0.05) is 24.6 Å². The summed E-state index contributed by atoms with van der Waals surface area (Å²) in [5, 5.41) is 10.8. The van der Waals surface area contributed by atoms with Gasteiger partial charge in [0.05, 0.1) is 6.42 Å². The number of benzene rings is 1. The van der Waals surface area contributed by atoms with E-state index in [4.69, 9.17) is 4.74 Å². The molecule has 0 spiro atoms. The molecule has 0 aliphatic heterocycles. The average Bonchev–Trinajstić information content (AvgIpc) is 2.81. The first kappa shape index (κ1) is 19.8. The summed E-state index contributed by atoms with van der Waals surface area (Å²) in [4.78, 5) is 46.7. The van der Waals surface area contributed by atoms with Crippen molar-refractivity contribution in [3.63, 3.8) is 0 Å². The van der Waals surface area contributed by atoms with Crippen molar-refractivity contribution in [3.05, 3.63) is 45.0 Å². The standard InChI is InChI=1S/C19H23NO6/c1-11-4-5-12(2)14(6-11)18(22)10-26-19(23)8-15-16(9-20(24)25)13(3)7-17(15)21/h4-6,13,15-16H,7-10H2,1-3H3/t13-,15-,16-/m1/s1. The lowest BCUT2D eigenvalue weighted by molar-refractivity contribution is -0.490. The maximum Gasteiger partial charge on any atom is 0.306 e. The van der Waals surface area contributed by atoms with Crippen LogP contribution >= 0.6 is 0 Å². The van der Waals surface area contributed by atoms with Gasteiger partial charge in [-0.15, -0.1) is 0 Å². The quantitative estimate of drug-likeness (QED) is 0.320. The molecule has 2 rings (SSSR count). The Morgan fingerprint density at radius 2 is 2.00 bits per heavy atom. The summed E-state index contributed by atoms with van der Waals surface area (Å²) in [5.74, 6) is -2.46. The second-order valence-electron chi connectivity index (χ2n) is 7.04. The van der Waals surface area contributed by atoms with Crippen LogP contribution < -0.4 is 0 Å². The summed E-state index contributed by atoms with van der Waals surface area (Å²) in [6, 6.07) is 5.45. The van der Waals surface area contributed by atoms with Crippen LogP contribution in [0.2, 0.25) is 0 Å². The first-order valence-electron chi connectivity index (χ1n) is 8.59. The van der Waals surface area contributed by atoms with Crippen LogP contribution in [0.5, 0.6) is 0 Å². The maximum absolute atomic E-state index is 12.3. The van der Waals surface area contributed by atoms with Gasteiger partial charge in [0.2, 0.25) is 12.3 Å². The molecule has 1 aliphatic rings. The fourth-order valence-corrected chi connectivity index (χ4v) is 3.50. The van der Waals surface area contributed by atoms with E-state index in [2.05, 4.69) is 0 Å². The first-order valence-corrected chi connectivity index (χ1v) is 8.59. The van der Waals surface area contributed by atoms with Gasteiger partial charge in [0.1, 0.15) is 5.78 Å². The van der Waals surface area contributed by atoms with Crippen LogP contribution in [0.15, 0.2) is 18.2 Å². The zero-order valence-electron chi connectivity index (χ0n) is 15.2. The van der Waals surface area contributed by atoms with Crippen molar-refractivity contribution in [2.24, 2.45) is 17.8 Å². The van der Waals surface area contributed by atoms with Gasteiger partial charge in [-0.2, -0.15) is 0 Å². The lowest BCUT2D eigenvalue weighted by Gasteiger charge is -2.17. The molecule has 0 unspecified atom stereocenters. The molecular weight excluding hydrogens is 338 g/mol. The Morgan fingerprint density at radius 3 is 2.65 bits per heavy atom. The Labute approximate surface area is 151 Å². The molecule has 0 saturated heterocycles. The number of esters is 1. The van der Waals surface area contributed by atoms with Gasteiger partial charge in [0.15, 0.2) is 6.61 Å². The molecule has 0 N–H and O–H groups in total. The normalized spacial score (nSPS) is 22.3. The number of nitrogens with zero attached hydrogens (tertiary/aromatic N) is 1. The van der Waals surface area contributed by atoms with Gasteiger partial charge in [-0.05, 0) is 31.4 Å². The molecule has 140 valence electrons. The van der Waals surface area contributed by atoms with Gasteiger partial charge < -0.3 is 4.74 Å². The Hall–Kier alpha value is -2.57. The molecule has 0 radical (unpaired) electrons. The SMILES string of the molecule is Cc1ccc(C)c(C(=O)COC(=O)C[C@H]2C(=O)C[C@@H](C)[C@H]2C[N+](=O)[O-])c1. The number of Topliss-reactive ketones (excluding diaryl/α,β-unsaturated/α-hetero) is 2. The van der Waals surface area contributed by atoms with Gasteiger partial charge in [0.25, 0.3) is 0 Å². The lowest BCUT2D eigenvalue weighted by Crippen LogP contribution is -2.28. The van der Waals surface area contributed by atoms with Crippen LogP contribution in [0.1, 0.15) is 41.3 Å². The van der Waals surface area contributed by atoms with Crippen LogP contribution in [0, 0.1) is 41.7 Å². The third-order valence-electron chi connectivity index (χ3n) is 4.99. The largest absolute Gasteiger partial charge is 0.457 e. The minimum absolute atomic E-state index is 0.137. The van der Waals surface area contributed by atoms with Crippen LogP contribution in [-0.2, 0) is 14.3 Å². The number of aryl methyl sites for hydroxylation is 2. The average molecular weight is 361 g/mol. The zero-order valence-corrected chi connectivity index (χ0v) is 15.2. The van der Waals surface area contributed by atoms with E-state index < -0.39 is 29.3 Å². The number of carbonyl (C=O) groups excluding carboxylic acids is 3. The van der Waals surface area contributed by atoms with Crippen LogP contribution in [0.4, 0.5) is 0 Å². The molecule has 1 aliphatic carbocycles. The summed E-state index contributed by atoms with van der Waals surface area (Å²) in [6.45, 7) is 4.70. The van der Waals surface area contributed by atoms with Crippen molar-refractivity contribution < 1.29 is 24.0 Å². The fourth-order valence-electron chi connectivity index (χ4n) is 3.50. The topological polar surface area (TPSA) is 104 Å². The predicted octanol–water partition coefficient (Wildman–Crippen LogP) is 2.54. The summed E-state index contributed by atoms with van der Waals surface area (Å²) >= 11 is 0. The second-order valence-corrected chi connectivity index (χ2v) is 7.04. The molecule has 0 heterocycles. The van der Waals surface area contributed by atoms with Crippen molar-refractivity contribution in [2.45, 2.75) is 33.6 Å². The summed E-state index contributed by atoms with van der Waals surface area (Å²) < 4.78 is 5.04. The smallest absolute Gasteiger partial charge is 0.306 e. The monoisotopic (exact) mass is 361 g/mol. The number of hydrogen-bond donors (Lipinski definition) is 0. The van der Waals surface area contributed by atoms with E-state index in [1.54, 1.807) is 19.9 Å². The van der Waals surface area contributed by atoms with Gasteiger partial charge in [0, 0.05) is 28.7 Å². The van der Waals surface area contributed by atoms with Crippen molar-refractivity contribution in [3.8, 4) is 0 Å². The number of ketones is 2. The van der Waals surface area contributed by atoms with Crippen LogP contribution in [-0.4, -0.2) is 35.6 Å². The van der Waals surface area contributed by atoms with Crippen molar-refractivity contribution in [1.82, 2.24) is 0 Å². The number of rotatable bonds is 7. The number of ether oxygens (including phenoxy) is 1. The van der Waals surface area contributed by atoms with E-state index in [0.717, 1.165) is 11.1 Å². The highest BCUT2D eigenvalue weighted by Crippen LogP contribution is 2.36. The summed E-state index contributed by atoms with van der Waals surface area (Å²) in [7, 11) is 0. The van der Waals surface area contributed by atoms with Gasteiger partial charge in [-0.25, -0.2) is 0 Å². The zero-order chi connectivity index (χ0) is 19.4. The van der Waals surface area contributed by atoms with Crippen molar-refractivity contribution in [2.75, 3.05) is 13.2 Å². The number of nitro groups is 1. The van der Waals surface area contributed by atoms with E-state index in [1.807, 2.05) is 19.1 Å². The van der Waals surface area contributed by atoms with E-state index in [1.165, 1.54) is 0 Å². The van der Waals surface area contributed by atoms with Crippen molar-refractivity contribution >= 4 is 17.5 Å². The molecule has 7 heteroatoms. The Morgan fingerprint density at radius 1 is 1.31 bits per heavy atom. The second kappa shape index (κ2) is 8.21. The highest BCUT2D eigenvalue weighted by atomic mass is 16.6. The van der Waals surface area contributed by atoms with Crippen molar-refractivity contribution in [1.29, 1.82) is 0 Å². The molecule has 0 bridgehead atoms. The third kappa shape index (κ3) is 4.74. The number of hydrogen-bond acceptors (Lipinski definition) is 6. The molecule has 3 atom stereocenters. The minimum Gasteiger partial charge on any atom is -0.457 e. The Bertz CT molecular complexity index is 742. The summed E-state index contributed by atoms with van der Waals surface area (Å²) in [6.07, 6.45) is 0.0135. The molecular formula is C19H23NO6. The highest BCUT2D eigenvalue weighted by molar-refractivity contribution is 5.99. The maximum atomic E-state index is 12.3. The first-order chi connectivity index (χ1) is 12.2. The Balaban J connectivity index is 1.95. The molecule has 1 fully saturated rings. The van der Waals surface area contributed by atoms with E-state index >= 15 is 0 Å². The van der Waals surface area contributed by atoms with E-state index in [-0.39, 0.29) is 36.9 Å². The Kier molecular flexibility index (Phi) is 6.23. The molecule has 7 nitrogen and oxygen atoms in total. The summed E-state index contributed by atoms with van der Waals surface area (Å²) in [5.41, 5.74) is 2.22.